The predicted molar refractivity (Wildman–Crippen MR) is 69.0 cm³/mol. The molecule has 0 atom stereocenters. The topological polar surface area (TPSA) is 83.3 Å². The molecule has 0 bridgehead atoms. The van der Waals surface area contributed by atoms with E-state index in [0.717, 1.165) is 0 Å². The number of rotatable bonds is 5. The second-order valence-corrected chi connectivity index (χ2v) is 6.46. The van der Waals surface area contributed by atoms with Crippen molar-refractivity contribution in [2.24, 2.45) is 0 Å². The lowest BCUT2D eigenvalue weighted by Gasteiger charge is -2.37. The highest BCUT2D eigenvalue weighted by Crippen LogP contribution is 2.20. The van der Waals surface area contributed by atoms with E-state index in [0.29, 0.717) is 31.0 Å². The first-order chi connectivity index (χ1) is 9.05. The molecule has 1 aliphatic heterocycles. The second kappa shape index (κ2) is 5.55. The lowest BCUT2D eigenvalue weighted by Crippen LogP contribution is -2.56. The maximum Gasteiger partial charge on any atom is 0.214 e. The number of nitriles is 1. The van der Waals surface area contributed by atoms with E-state index in [1.165, 1.54) is 10.5 Å². The van der Waals surface area contributed by atoms with Crippen LogP contribution in [0.4, 0.5) is 0 Å². The summed E-state index contributed by atoms with van der Waals surface area (Å²) in [5, 5.41) is 8.75. The minimum absolute atomic E-state index is 0.169. The highest BCUT2D eigenvalue weighted by Gasteiger charge is 2.36. The van der Waals surface area contributed by atoms with Crippen LogP contribution in [0, 0.1) is 11.3 Å². The standard InChI is InChI=1S/C12H15N3O3S/c1-2-5-19(16,17)15-8-11(9-15)18-12-6-10(7-13)3-4-14-12/h3-4,6,11H,2,5,8-9H2,1H3. The summed E-state index contributed by atoms with van der Waals surface area (Å²) in [6.07, 6.45) is 1.92. The fourth-order valence-electron chi connectivity index (χ4n) is 1.80. The number of nitrogens with zero attached hydrogens (tertiary/aromatic N) is 3. The highest BCUT2D eigenvalue weighted by atomic mass is 32.2. The molecule has 102 valence electrons. The first kappa shape index (κ1) is 13.8. The van der Waals surface area contributed by atoms with Crippen molar-refractivity contribution in [2.45, 2.75) is 19.4 Å². The molecule has 6 nitrogen and oxygen atoms in total. The molecule has 2 rings (SSSR count). The van der Waals surface area contributed by atoms with Gasteiger partial charge in [-0.3, -0.25) is 0 Å². The smallest absolute Gasteiger partial charge is 0.214 e. The Morgan fingerprint density at radius 3 is 2.95 bits per heavy atom. The molecule has 1 aromatic heterocycles. The third kappa shape index (κ3) is 3.22. The largest absolute Gasteiger partial charge is 0.471 e. The van der Waals surface area contributed by atoms with Gasteiger partial charge in [0.05, 0.1) is 30.5 Å². The van der Waals surface area contributed by atoms with E-state index >= 15 is 0 Å². The Hall–Kier alpha value is -1.65. The molecular weight excluding hydrogens is 266 g/mol. The Morgan fingerprint density at radius 2 is 2.32 bits per heavy atom. The van der Waals surface area contributed by atoms with Gasteiger partial charge < -0.3 is 4.74 Å². The molecular formula is C12H15N3O3S. The Bertz CT molecular complexity index is 588. The average molecular weight is 281 g/mol. The summed E-state index contributed by atoms with van der Waals surface area (Å²) in [5.74, 6) is 0.526. The summed E-state index contributed by atoms with van der Waals surface area (Å²) in [4.78, 5) is 3.99. The van der Waals surface area contributed by atoms with Crippen LogP contribution in [0.3, 0.4) is 0 Å². The van der Waals surface area contributed by atoms with Crippen LogP contribution in [-0.4, -0.2) is 42.7 Å². The van der Waals surface area contributed by atoms with Gasteiger partial charge >= 0.3 is 0 Å². The first-order valence-electron chi connectivity index (χ1n) is 6.06. The van der Waals surface area contributed by atoms with Crippen molar-refractivity contribution in [1.82, 2.24) is 9.29 Å². The number of sulfonamides is 1. The van der Waals surface area contributed by atoms with Crippen molar-refractivity contribution < 1.29 is 13.2 Å². The van der Waals surface area contributed by atoms with Gasteiger partial charge in [0.1, 0.15) is 6.10 Å². The van der Waals surface area contributed by atoms with E-state index in [4.69, 9.17) is 10.00 Å². The summed E-state index contributed by atoms with van der Waals surface area (Å²) >= 11 is 0. The van der Waals surface area contributed by atoms with Crippen molar-refractivity contribution in [3.63, 3.8) is 0 Å². The number of aromatic nitrogens is 1. The van der Waals surface area contributed by atoms with E-state index in [2.05, 4.69) is 4.98 Å². The fourth-order valence-corrected chi connectivity index (χ4v) is 3.36. The Kier molecular flexibility index (Phi) is 4.02. The zero-order valence-electron chi connectivity index (χ0n) is 10.6. The van der Waals surface area contributed by atoms with Crippen molar-refractivity contribution >= 4 is 10.0 Å². The van der Waals surface area contributed by atoms with E-state index in [1.54, 1.807) is 12.1 Å². The van der Waals surface area contributed by atoms with Crippen molar-refractivity contribution in [1.29, 1.82) is 5.26 Å². The number of hydrogen-bond donors (Lipinski definition) is 0. The minimum Gasteiger partial charge on any atom is -0.471 e. The van der Waals surface area contributed by atoms with Crippen LogP contribution in [0.2, 0.25) is 0 Å². The molecule has 1 saturated heterocycles. The molecule has 0 amide bonds. The summed E-state index contributed by atoms with van der Waals surface area (Å²) < 4.78 is 30.4. The first-order valence-corrected chi connectivity index (χ1v) is 7.66. The van der Waals surface area contributed by atoms with Gasteiger partial charge in [0.25, 0.3) is 0 Å². The lowest BCUT2D eigenvalue weighted by molar-refractivity contribution is 0.0721. The van der Waals surface area contributed by atoms with Gasteiger partial charge in [-0.05, 0) is 12.5 Å². The zero-order chi connectivity index (χ0) is 13.9. The Morgan fingerprint density at radius 1 is 1.58 bits per heavy atom. The van der Waals surface area contributed by atoms with Crippen LogP contribution < -0.4 is 4.74 Å². The monoisotopic (exact) mass is 281 g/mol. The summed E-state index contributed by atoms with van der Waals surface area (Å²) in [6, 6.07) is 5.13. The number of hydrogen-bond acceptors (Lipinski definition) is 5. The Labute approximate surface area is 112 Å². The Balaban J connectivity index is 1.90. The van der Waals surface area contributed by atoms with Crippen LogP contribution in [0.15, 0.2) is 18.3 Å². The normalized spacial score (nSPS) is 16.6. The third-order valence-corrected chi connectivity index (χ3v) is 4.83. The predicted octanol–water partition coefficient (Wildman–Crippen LogP) is 0.756. The zero-order valence-corrected chi connectivity index (χ0v) is 11.4. The molecule has 0 unspecified atom stereocenters. The molecule has 19 heavy (non-hydrogen) atoms. The molecule has 1 fully saturated rings. The minimum atomic E-state index is -3.13. The fraction of sp³-hybridized carbons (Fsp3) is 0.500. The molecule has 0 radical (unpaired) electrons. The SMILES string of the molecule is CCCS(=O)(=O)N1CC(Oc2cc(C#N)ccn2)C1. The quantitative estimate of drug-likeness (QED) is 0.795. The number of ether oxygens (including phenoxy) is 1. The van der Waals surface area contributed by atoms with Gasteiger partial charge in [-0.2, -0.15) is 9.57 Å². The van der Waals surface area contributed by atoms with Crippen molar-refractivity contribution in [3.8, 4) is 11.9 Å². The van der Waals surface area contributed by atoms with Crippen LogP contribution >= 0.6 is 0 Å². The summed E-state index contributed by atoms with van der Waals surface area (Å²) in [7, 11) is -3.13. The third-order valence-electron chi connectivity index (χ3n) is 2.82. The van der Waals surface area contributed by atoms with Gasteiger partial charge in [-0.15, -0.1) is 0 Å². The van der Waals surface area contributed by atoms with E-state index < -0.39 is 10.0 Å². The molecule has 0 aromatic carbocycles. The van der Waals surface area contributed by atoms with E-state index in [9.17, 15) is 8.42 Å². The van der Waals surface area contributed by atoms with Crippen molar-refractivity contribution in [3.05, 3.63) is 23.9 Å². The molecule has 0 N–H and O–H groups in total. The van der Waals surface area contributed by atoms with Gasteiger partial charge in [-0.1, -0.05) is 6.92 Å². The van der Waals surface area contributed by atoms with Crippen LogP contribution in [0.5, 0.6) is 5.88 Å². The average Bonchev–Trinajstić information content (AvgIpc) is 2.33. The van der Waals surface area contributed by atoms with Gasteiger partial charge in [0.15, 0.2) is 0 Å². The van der Waals surface area contributed by atoms with Crippen LogP contribution in [-0.2, 0) is 10.0 Å². The van der Waals surface area contributed by atoms with Crippen LogP contribution in [0.1, 0.15) is 18.9 Å². The maximum absolute atomic E-state index is 11.7. The van der Waals surface area contributed by atoms with Gasteiger partial charge in [-0.25, -0.2) is 13.4 Å². The molecule has 1 aromatic rings. The van der Waals surface area contributed by atoms with E-state index in [1.807, 2.05) is 13.0 Å². The summed E-state index contributed by atoms with van der Waals surface area (Å²) in [6.45, 7) is 2.53. The van der Waals surface area contributed by atoms with Gasteiger partial charge in [0, 0.05) is 12.3 Å². The molecule has 0 saturated carbocycles. The molecule has 0 spiro atoms. The molecule has 2 heterocycles. The van der Waals surface area contributed by atoms with E-state index in [-0.39, 0.29) is 11.9 Å². The lowest BCUT2D eigenvalue weighted by atomic mass is 10.2. The van der Waals surface area contributed by atoms with Crippen LogP contribution in [0.25, 0.3) is 0 Å². The molecule has 1 aliphatic rings. The summed E-state index contributed by atoms with van der Waals surface area (Å²) in [5.41, 5.74) is 0.472. The molecule has 0 aliphatic carbocycles. The highest BCUT2D eigenvalue weighted by molar-refractivity contribution is 7.89. The van der Waals surface area contributed by atoms with Gasteiger partial charge in [0.2, 0.25) is 15.9 Å². The maximum atomic E-state index is 11.7. The molecule has 7 heteroatoms. The number of pyridine rings is 1. The van der Waals surface area contributed by atoms with Crippen molar-refractivity contribution in [2.75, 3.05) is 18.8 Å². The second-order valence-electron chi connectivity index (χ2n) is 4.37.